The molecule has 0 aliphatic carbocycles. The SMILES string of the molecule is O=Cc1cc(Cl)cc(N2CCNCC2)c1. The third kappa shape index (κ3) is 2.49. The molecule has 0 atom stereocenters. The lowest BCUT2D eigenvalue weighted by atomic mass is 10.2. The monoisotopic (exact) mass is 224 g/mol. The molecular formula is C11H13ClN2O. The molecule has 0 amide bonds. The number of piperazine rings is 1. The van der Waals surface area contributed by atoms with Gasteiger partial charge in [0.25, 0.3) is 0 Å². The van der Waals surface area contributed by atoms with Gasteiger partial charge in [-0.2, -0.15) is 0 Å². The summed E-state index contributed by atoms with van der Waals surface area (Å²) in [5.41, 5.74) is 1.67. The number of nitrogens with zero attached hydrogens (tertiary/aromatic N) is 1. The van der Waals surface area contributed by atoms with Crippen LogP contribution in [-0.2, 0) is 0 Å². The highest BCUT2D eigenvalue weighted by Crippen LogP contribution is 2.22. The number of carbonyl (C=O) groups excluding carboxylic acids is 1. The van der Waals surface area contributed by atoms with E-state index >= 15 is 0 Å². The van der Waals surface area contributed by atoms with Crippen LogP contribution in [-0.4, -0.2) is 32.5 Å². The molecule has 15 heavy (non-hydrogen) atoms. The minimum absolute atomic E-state index is 0.619. The van der Waals surface area contributed by atoms with E-state index in [1.165, 1.54) is 0 Å². The molecule has 0 aromatic heterocycles. The Morgan fingerprint density at radius 3 is 2.67 bits per heavy atom. The van der Waals surface area contributed by atoms with Gasteiger partial charge in [0.05, 0.1) is 0 Å². The summed E-state index contributed by atoms with van der Waals surface area (Å²) in [5, 5.41) is 3.90. The molecule has 1 saturated heterocycles. The first-order valence-corrected chi connectivity index (χ1v) is 5.39. The molecule has 1 aromatic carbocycles. The Morgan fingerprint density at radius 2 is 2.00 bits per heavy atom. The number of benzene rings is 1. The van der Waals surface area contributed by atoms with Gasteiger partial charge in [0.2, 0.25) is 0 Å². The van der Waals surface area contributed by atoms with Crippen LogP contribution in [0.5, 0.6) is 0 Å². The van der Waals surface area contributed by atoms with Crippen molar-refractivity contribution in [3.63, 3.8) is 0 Å². The van der Waals surface area contributed by atoms with Crippen LogP contribution in [0.1, 0.15) is 10.4 Å². The van der Waals surface area contributed by atoms with Gasteiger partial charge >= 0.3 is 0 Å². The van der Waals surface area contributed by atoms with Crippen molar-refractivity contribution in [2.45, 2.75) is 0 Å². The predicted octanol–water partition coefficient (Wildman–Crippen LogP) is 1.56. The average Bonchev–Trinajstić information content (AvgIpc) is 2.29. The molecule has 80 valence electrons. The van der Waals surface area contributed by atoms with E-state index in [0.29, 0.717) is 10.6 Å². The molecule has 0 saturated carbocycles. The molecule has 1 heterocycles. The van der Waals surface area contributed by atoms with Crippen LogP contribution in [0.2, 0.25) is 5.02 Å². The zero-order valence-corrected chi connectivity index (χ0v) is 9.13. The third-order valence-corrected chi connectivity index (χ3v) is 2.74. The topological polar surface area (TPSA) is 32.3 Å². The fraction of sp³-hybridized carbons (Fsp3) is 0.364. The van der Waals surface area contributed by atoms with Gasteiger partial charge in [0, 0.05) is 42.5 Å². The molecule has 1 aromatic rings. The highest BCUT2D eigenvalue weighted by Gasteiger charge is 2.11. The molecule has 3 nitrogen and oxygen atoms in total. The molecule has 0 radical (unpaired) electrons. The molecule has 1 aliphatic rings. The first kappa shape index (κ1) is 10.5. The second kappa shape index (κ2) is 4.64. The molecule has 0 spiro atoms. The van der Waals surface area contributed by atoms with Crippen LogP contribution in [0.3, 0.4) is 0 Å². The van der Waals surface area contributed by atoms with Gasteiger partial charge in [-0.3, -0.25) is 4.79 Å². The summed E-state index contributed by atoms with van der Waals surface area (Å²) in [5.74, 6) is 0. The average molecular weight is 225 g/mol. The van der Waals surface area contributed by atoms with Crippen LogP contribution < -0.4 is 10.2 Å². The number of halogens is 1. The second-order valence-corrected chi connectivity index (χ2v) is 4.03. The van der Waals surface area contributed by atoms with Crippen LogP contribution in [0.25, 0.3) is 0 Å². The van der Waals surface area contributed by atoms with E-state index in [9.17, 15) is 4.79 Å². The summed E-state index contributed by atoms with van der Waals surface area (Å²) in [4.78, 5) is 12.9. The highest BCUT2D eigenvalue weighted by molar-refractivity contribution is 6.31. The Hall–Kier alpha value is -1.06. The largest absolute Gasteiger partial charge is 0.369 e. The fourth-order valence-corrected chi connectivity index (χ4v) is 2.01. The fourth-order valence-electron chi connectivity index (χ4n) is 1.77. The molecule has 4 heteroatoms. The van der Waals surface area contributed by atoms with Crippen molar-refractivity contribution in [3.8, 4) is 0 Å². The minimum Gasteiger partial charge on any atom is -0.369 e. The Morgan fingerprint density at radius 1 is 1.27 bits per heavy atom. The van der Waals surface area contributed by atoms with Gasteiger partial charge in [-0.05, 0) is 18.2 Å². The molecular weight excluding hydrogens is 212 g/mol. The van der Waals surface area contributed by atoms with Crippen LogP contribution in [0, 0.1) is 0 Å². The van der Waals surface area contributed by atoms with Gasteiger partial charge in [-0.15, -0.1) is 0 Å². The van der Waals surface area contributed by atoms with Gasteiger partial charge in [-0.1, -0.05) is 11.6 Å². The second-order valence-electron chi connectivity index (χ2n) is 3.60. The quantitative estimate of drug-likeness (QED) is 0.774. The van der Waals surface area contributed by atoms with Crippen molar-refractivity contribution in [1.82, 2.24) is 5.32 Å². The van der Waals surface area contributed by atoms with Gasteiger partial charge < -0.3 is 10.2 Å². The van der Waals surface area contributed by atoms with E-state index in [1.807, 2.05) is 12.1 Å². The Balaban J connectivity index is 2.25. The smallest absolute Gasteiger partial charge is 0.150 e. The molecule has 2 rings (SSSR count). The van der Waals surface area contributed by atoms with E-state index in [-0.39, 0.29) is 0 Å². The van der Waals surface area contributed by atoms with E-state index in [1.54, 1.807) is 6.07 Å². The Kier molecular flexibility index (Phi) is 3.23. The normalized spacial score (nSPS) is 16.5. The lowest BCUT2D eigenvalue weighted by Gasteiger charge is -2.29. The summed E-state index contributed by atoms with van der Waals surface area (Å²) in [6.45, 7) is 3.86. The maximum Gasteiger partial charge on any atom is 0.150 e. The highest BCUT2D eigenvalue weighted by atomic mass is 35.5. The maximum atomic E-state index is 10.7. The Labute approximate surface area is 94.0 Å². The van der Waals surface area contributed by atoms with Gasteiger partial charge in [0.15, 0.2) is 0 Å². The Bertz CT molecular complexity index is 362. The van der Waals surface area contributed by atoms with Crippen molar-refractivity contribution >= 4 is 23.6 Å². The summed E-state index contributed by atoms with van der Waals surface area (Å²) < 4.78 is 0. The molecule has 1 N–H and O–H groups in total. The standard InChI is InChI=1S/C11H13ClN2O/c12-10-5-9(8-15)6-11(7-10)14-3-1-13-2-4-14/h5-8,13H,1-4H2. The lowest BCUT2D eigenvalue weighted by molar-refractivity contribution is 0.112. The number of anilines is 1. The maximum absolute atomic E-state index is 10.7. The lowest BCUT2D eigenvalue weighted by Crippen LogP contribution is -2.43. The van der Waals surface area contributed by atoms with E-state index in [2.05, 4.69) is 10.2 Å². The van der Waals surface area contributed by atoms with Gasteiger partial charge in [-0.25, -0.2) is 0 Å². The van der Waals surface area contributed by atoms with Crippen molar-refractivity contribution in [2.24, 2.45) is 0 Å². The van der Waals surface area contributed by atoms with Crippen LogP contribution in [0.15, 0.2) is 18.2 Å². The minimum atomic E-state index is 0.619. The number of aldehydes is 1. The third-order valence-electron chi connectivity index (χ3n) is 2.52. The zero-order chi connectivity index (χ0) is 10.7. The van der Waals surface area contributed by atoms with Crippen molar-refractivity contribution in [2.75, 3.05) is 31.1 Å². The van der Waals surface area contributed by atoms with E-state index < -0.39 is 0 Å². The number of hydrogen-bond acceptors (Lipinski definition) is 3. The van der Waals surface area contributed by atoms with E-state index in [4.69, 9.17) is 11.6 Å². The molecule has 1 fully saturated rings. The van der Waals surface area contributed by atoms with Crippen molar-refractivity contribution in [1.29, 1.82) is 0 Å². The number of nitrogens with one attached hydrogen (secondary N) is 1. The summed E-state index contributed by atoms with van der Waals surface area (Å²) in [6.07, 6.45) is 0.831. The van der Waals surface area contributed by atoms with E-state index in [0.717, 1.165) is 38.2 Å². The molecule has 0 unspecified atom stereocenters. The van der Waals surface area contributed by atoms with Crippen LogP contribution in [0.4, 0.5) is 5.69 Å². The molecule has 0 bridgehead atoms. The summed E-state index contributed by atoms with van der Waals surface area (Å²) >= 11 is 5.95. The number of rotatable bonds is 2. The first-order valence-electron chi connectivity index (χ1n) is 5.01. The van der Waals surface area contributed by atoms with Gasteiger partial charge in [0.1, 0.15) is 6.29 Å². The summed E-state index contributed by atoms with van der Waals surface area (Å²) in [6, 6.07) is 5.46. The predicted molar refractivity (Wildman–Crippen MR) is 61.9 cm³/mol. The molecule has 1 aliphatic heterocycles. The zero-order valence-electron chi connectivity index (χ0n) is 8.37. The summed E-state index contributed by atoms with van der Waals surface area (Å²) in [7, 11) is 0. The van der Waals surface area contributed by atoms with Crippen molar-refractivity contribution in [3.05, 3.63) is 28.8 Å². The van der Waals surface area contributed by atoms with Crippen molar-refractivity contribution < 1.29 is 4.79 Å². The number of hydrogen-bond donors (Lipinski definition) is 1. The first-order chi connectivity index (χ1) is 7.29. The number of carbonyl (C=O) groups is 1. The van der Waals surface area contributed by atoms with Crippen LogP contribution >= 0.6 is 11.6 Å².